The van der Waals surface area contributed by atoms with Crippen molar-refractivity contribution in [3.05, 3.63) is 77.6 Å². The number of nitrogens with one attached hydrogen (secondary N) is 2. The minimum Gasteiger partial charge on any atom is -0.447 e. The molecule has 3 aromatic rings. The average Bonchev–Trinajstić information content (AvgIpc) is 3.28. The van der Waals surface area contributed by atoms with Crippen LogP contribution in [-0.2, 0) is 21.3 Å². The Labute approximate surface area is 223 Å². The quantitative estimate of drug-likeness (QED) is 0.443. The van der Waals surface area contributed by atoms with Gasteiger partial charge in [0.1, 0.15) is 6.61 Å². The van der Waals surface area contributed by atoms with Gasteiger partial charge in [-0.2, -0.15) is 0 Å². The second-order valence-electron chi connectivity index (χ2n) is 9.80. The number of benzene rings is 2. The highest BCUT2D eigenvalue weighted by atomic mass is 32.2. The number of aryl methyl sites for hydroxylation is 1. The fourth-order valence-corrected chi connectivity index (χ4v) is 5.60. The highest BCUT2D eigenvalue weighted by molar-refractivity contribution is 7.92. The summed E-state index contributed by atoms with van der Waals surface area (Å²) >= 11 is 0. The predicted molar refractivity (Wildman–Crippen MR) is 146 cm³/mol. The van der Waals surface area contributed by atoms with Gasteiger partial charge in [0.2, 0.25) is 16.0 Å². The summed E-state index contributed by atoms with van der Waals surface area (Å²) in [6.07, 6.45) is 4.53. The molecule has 2 aliphatic heterocycles. The molecule has 2 aromatic carbocycles. The van der Waals surface area contributed by atoms with Gasteiger partial charge in [-0.1, -0.05) is 30.3 Å². The van der Waals surface area contributed by atoms with E-state index in [0.29, 0.717) is 18.2 Å². The van der Waals surface area contributed by atoms with Crippen LogP contribution >= 0.6 is 0 Å². The van der Waals surface area contributed by atoms with Crippen LogP contribution in [0.4, 0.5) is 22.1 Å². The summed E-state index contributed by atoms with van der Waals surface area (Å²) in [7, 11) is -3.32. The lowest BCUT2D eigenvalue weighted by atomic mass is 9.99. The van der Waals surface area contributed by atoms with Gasteiger partial charge in [0.15, 0.2) is 0 Å². The average molecular weight is 537 g/mol. The standard InChI is InChI=1S/C27H32N6O4S/c1-19-21(16-28-26(29-19)30-22-8-10-23(11-9-22)31-38(2,35)36)17-32-14-12-24(13-15-32)33-25(18-37-27(33)34)20-6-4-3-5-7-20/h3-11,16,24-25,31H,12-15,17-18H2,1-2H3,(H,28,29,30)/t25-/m0/s1. The highest BCUT2D eigenvalue weighted by Gasteiger charge is 2.40. The van der Waals surface area contributed by atoms with E-state index in [9.17, 15) is 13.2 Å². The van der Waals surface area contributed by atoms with Crippen LogP contribution in [0.1, 0.15) is 35.7 Å². The maximum Gasteiger partial charge on any atom is 0.410 e. The molecule has 0 bridgehead atoms. The molecule has 5 rings (SSSR count). The van der Waals surface area contributed by atoms with Gasteiger partial charge in [0.05, 0.1) is 12.3 Å². The Hall–Kier alpha value is -3.70. The third-order valence-corrected chi connectivity index (χ3v) is 7.57. The van der Waals surface area contributed by atoms with E-state index >= 15 is 0 Å². The van der Waals surface area contributed by atoms with E-state index in [-0.39, 0.29) is 18.2 Å². The van der Waals surface area contributed by atoms with E-state index < -0.39 is 10.0 Å². The van der Waals surface area contributed by atoms with Crippen LogP contribution in [0.15, 0.2) is 60.8 Å². The molecular formula is C27H32N6O4S. The van der Waals surface area contributed by atoms with Crippen LogP contribution < -0.4 is 10.0 Å². The number of piperidine rings is 1. The van der Waals surface area contributed by atoms with Gasteiger partial charge >= 0.3 is 6.09 Å². The maximum atomic E-state index is 12.5. The number of cyclic esters (lactones) is 1. The van der Waals surface area contributed by atoms with Crippen LogP contribution in [0.3, 0.4) is 0 Å². The molecule has 0 radical (unpaired) electrons. The highest BCUT2D eigenvalue weighted by Crippen LogP contribution is 2.33. The monoisotopic (exact) mass is 536 g/mol. The Morgan fingerprint density at radius 1 is 1.03 bits per heavy atom. The van der Waals surface area contributed by atoms with Gasteiger partial charge in [-0.05, 0) is 49.6 Å². The van der Waals surface area contributed by atoms with Crippen molar-refractivity contribution in [1.82, 2.24) is 19.8 Å². The number of nitrogens with zero attached hydrogens (tertiary/aromatic N) is 4. The SMILES string of the molecule is Cc1nc(Nc2ccc(NS(C)(=O)=O)cc2)ncc1CN1CCC(N2C(=O)OC[C@H]2c2ccccc2)CC1. The summed E-state index contributed by atoms with van der Waals surface area (Å²) in [5.74, 6) is 0.480. The number of hydrogen-bond acceptors (Lipinski definition) is 8. The zero-order valence-corrected chi connectivity index (χ0v) is 22.3. The van der Waals surface area contributed by atoms with Crippen molar-refractivity contribution in [2.24, 2.45) is 0 Å². The molecule has 2 saturated heterocycles. The van der Waals surface area contributed by atoms with Crippen LogP contribution in [0.2, 0.25) is 0 Å². The first-order valence-corrected chi connectivity index (χ1v) is 14.5. The van der Waals surface area contributed by atoms with Gasteiger partial charge in [-0.25, -0.2) is 23.2 Å². The van der Waals surface area contributed by atoms with E-state index in [1.54, 1.807) is 24.3 Å². The molecule has 2 N–H and O–H groups in total. The van der Waals surface area contributed by atoms with E-state index in [2.05, 4.69) is 37.0 Å². The molecule has 3 heterocycles. The molecule has 0 saturated carbocycles. The van der Waals surface area contributed by atoms with E-state index in [1.165, 1.54) is 0 Å². The minimum atomic E-state index is -3.32. The Balaban J connectivity index is 1.16. The lowest BCUT2D eigenvalue weighted by Crippen LogP contribution is -2.46. The molecule has 10 nitrogen and oxygen atoms in total. The Bertz CT molecular complexity index is 1380. The van der Waals surface area contributed by atoms with E-state index in [4.69, 9.17) is 4.74 Å². The molecule has 1 amide bonds. The topological polar surface area (TPSA) is 117 Å². The van der Waals surface area contributed by atoms with Crippen molar-refractivity contribution >= 4 is 33.4 Å². The molecule has 1 aromatic heterocycles. The van der Waals surface area contributed by atoms with Crippen molar-refractivity contribution in [3.63, 3.8) is 0 Å². The first kappa shape index (κ1) is 25.9. The van der Waals surface area contributed by atoms with Crippen LogP contribution in [-0.4, -0.2) is 66.3 Å². The summed E-state index contributed by atoms with van der Waals surface area (Å²) in [6.45, 7) is 4.88. The smallest absolute Gasteiger partial charge is 0.410 e. The molecule has 38 heavy (non-hydrogen) atoms. The minimum absolute atomic E-state index is 0.0249. The number of amides is 1. The number of anilines is 3. The van der Waals surface area contributed by atoms with Gasteiger partial charge in [0, 0.05) is 54.5 Å². The van der Waals surface area contributed by atoms with Crippen molar-refractivity contribution in [2.45, 2.75) is 38.4 Å². The first-order valence-electron chi connectivity index (χ1n) is 12.6. The van der Waals surface area contributed by atoms with Gasteiger partial charge in [-0.15, -0.1) is 0 Å². The largest absolute Gasteiger partial charge is 0.447 e. The number of hydrogen-bond donors (Lipinski definition) is 2. The molecular weight excluding hydrogens is 504 g/mol. The van der Waals surface area contributed by atoms with Crippen molar-refractivity contribution in [2.75, 3.05) is 36.0 Å². The lowest BCUT2D eigenvalue weighted by molar-refractivity contribution is 0.104. The van der Waals surface area contributed by atoms with Gasteiger partial charge < -0.3 is 10.1 Å². The number of carbonyl (C=O) groups is 1. The zero-order valence-electron chi connectivity index (χ0n) is 21.5. The number of likely N-dealkylation sites (tertiary alicyclic amines) is 1. The fraction of sp³-hybridized carbons (Fsp3) is 0.370. The predicted octanol–water partition coefficient (Wildman–Crippen LogP) is 4.06. The molecule has 0 unspecified atom stereocenters. The maximum absolute atomic E-state index is 12.5. The fourth-order valence-electron chi connectivity index (χ4n) is 5.04. The van der Waals surface area contributed by atoms with Crippen molar-refractivity contribution in [1.29, 1.82) is 0 Å². The second-order valence-corrected chi connectivity index (χ2v) is 11.5. The van der Waals surface area contributed by atoms with Crippen LogP contribution in [0, 0.1) is 6.92 Å². The summed E-state index contributed by atoms with van der Waals surface area (Å²) < 4.78 is 30.6. The van der Waals surface area contributed by atoms with Crippen LogP contribution in [0.25, 0.3) is 0 Å². The molecule has 2 aliphatic rings. The summed E-state index contributed by atoms with van der Waals surface area (Å²) in [6, 6.07) is 17.1. The molecule has 2 fully saturated rings. The number of rotatable bonds is 8. The lowest BCUT2D eigenvalue weighted by Gasteiger charge is -2.38. The Morgan fingerprint density at radius 2 is 1.71 bits per heavy atom. The Kier molecular flexibility index (Phi) is 7.48. The molecule has 200 valence electrons. The molecule has 0 aliphatic carbocycles. The number of ether oxygens (including phenoxy) is 1. The number of aromatic nitrogens is 2. The second kappa shape index (κ2) is 11.0. The summed E-state index contributed by atoms with van der Waals surface area (Å²) in [5.41, 5.74) is 4.32. The summed E-state index contributed by atoms with van der Waals surface area (Å²) in [4.78, 5) is 26.0. The molecule has 0 spiro atoms. The summed E-state index contributed by atoms with van der Waals surface area (Å²) in [5, 5.41) is 3.16. The van der Waals surface area contributed by atoms with E-state index in [1.807, 2.05) is 36.2 Å². The third kappa shape index (κ3) is 6.22. The van der Waals surface area contributed by atoms with Crippen molar-refractivity contribution < 1.29 is 17.9 Å². The van der Waals surface area contributed by atoms with Crippen molar-refractivity contribution in [3.8, 4) is 0 Å². The van der Waals surface area contributed by atoms with Gasteiger partial charge in [-0.3, -0.25) is 14.5 Å². The van der Waals surface area contributed by atoms with E-state index in [0.717, 1.165) is 61.2 Å². The first-order chi connectivity index (χ1) is 18.2. The van der Waals surface area contributed by atoms with Gasteiger partial charge in [0.25, 0.3) is 0 Å². The zero-order chi connectivity index (χ0) is 26.7. The third-order valence-electron chi connectivity index (χ3n) is 6.97. The normalized spacial score (nSPS) is 18.8. The molecule has 11 heteroatoms. The Morgan fingerprint density at radius 3 is 2.37 bits per heavy atom. The number of sulfonamides is 1. The van der Waals surface area contributed by atoms with Crippen LogP contribution in [0.5, 0.6) is 0 Å². The number of carbonyl (C=O) groups excluding carboxylic acids is 1. The molecule has 1 atom stereocenters.